The molecule has 1 aliphatic heterocycles. The van der Waals surface area contributed by atoms with Crippen molar-refractivity contribution in [3.63, 3.8) is 0 Å². The SMILES string of the molecule is CC(C)CN(C(=O)c1ccccc1Cl)C1CCNC1. The molecule has 1 unspecified atom stereocenters. The summed E-state index contributed by atoms with van der Waals surface area (Å²) < 4.78 is 0. The van der Waals surface area contributed by atoms with Crippen molar-refractivity contribution in [2.75, 3.05) is 19.6 Å². The van der Waals surface area contributed by atoms with Crippen LogP contribution in [0, 0.1) is 5.92 Å². The molecule has 4 heteroatoms. The number of halogens is 1. The molecule has 1 fully saturated rings. The van der Waals surface area contributed by atoms with Crippen molar-refractivity contribution in [3.05, 3.63) is 34.9 Å². The standard InChI is InChI=1S/C15H21ClN2O/c1-11(2)10-18(12-7-8-17-9-12)15(19)13-5-3-4-6-14(13)16/h3-6,11-12,17H,7-10H2,1-2H3. The summed E-state index contributed by atoms with van der Waals surface area (Å²) in [7, 11) is 0. The molecule has 1 amide bonds. The van der Waals surface area contributed by atoms with Crippen LogP contribution in [-0.2, 0) is 0 Å². The fourth-order valence-electron chi connectivity index (χ4n) is 2.49. The summed E-state index contributed by atoms with van der Waals surface area (Å²) in [6.45, 7) is 6.90. The number of nitrogens with zero attached hydrogens (tertiary/aromatic N) is 1. The minimum atomic E-state index is 0.0491. The van der Waals surface area contributed by atoms with Gasteiger partial charge in [0.05, 0.1) is 10.6 Å². The largest absolute Gasteiger partial charge is 0.334 e. The summed E-state index contributed by atoms with van der Waals surface area (Å²) in [5.41, 5.74) is 0.608. The van der Waals surface area contributed by atoms with Gasteiger partial charge in [-0.2, -0.15) is 0 Å². The Hall–Kier alpha value is -1.06. The van der Waals surface area contributed by atoms with Crippen LogP contribution in [0.5, 0.6) is 0 Å². The van der Waals surface area contributed by atoms with Gasteiger partial charge in [-0.25, -0.2) is 0 Å². The highest BCUT2D eigenvalue weighted by Gasteiger charge is 2.28. The molecule has 0 bridgehead atoms. The zero-order valence-corrected chi connectivity index (χ0v) is 12.3. The Labute approximate surface area is 119 Å². The number of hydrogen-bond donors (Lipinski definition) is 1. The van der Waals surface area contributed by atoms with E-state index in [4.69, 9.17) is 11.6 Å². The summed E-state index contributed by atoms with van der Waals surface area (Å²) in [6, 6.07) is 7.57. The molecule has 1 heterocycles. The summed E-state index contributed by atoms with van der Waals surface area (Å²) in [5, 5.41) is 3.85. The molecule has 0 aliphatic carbocycles. The van der Waals surface area contributed by atoms with Crippen molar-refractivity contribution >= 4 is 17.5 Å². The average Bonchev–Trinajstić information content (AvgIpc) is 2.89. The minimum absolute atomic E-state index is 0.0491. The van der Waals surface area contributed by atoms with Crippen LogP contribution in [0.25, 0.3) is 0 Å². The second-order valence-electron chi connectivity index (χ2n) is 5.48. The lowest BCUT2D eigenvalue weighted by atomic mass is 10.1. The molecule has 0 spiro atoms. The summed E-state index contributed by atoms with van der Waals surface area (Å²) in [5.74, 6) is 0.500. The van der Waals surface area contributed by atoms with Gasteiger partial charge in [0.2, 0.25) is 0 Å². The number of benzene rings is 1. The maximum atomic E-state index is 12.7. The highest BCUT2D eigenvalue weighted by Crippen LogP contribution is 2.21. The number of carbonyl (C=O) groups excluding carboxylic acids is 1. The van der Waals surface area contributed by atoms with Gasteiger partial charge in [0.1, 0.15) is 0 Å². The van der Waals surface area contributed by atoms with E-state index in [0.29, 0.717) is 16.5 Å². The van der Waals surface area contributed by atoms with Gasteiger partial charge in [0.15, 0.2) is 0 Å². The van der Waals surface area contributed by atoms with Gasteiger partial charge < -0.3 is 10.2 Å². The molecular weight excluding hydrogens is 260 g/mol. The molecule has 1 atom stereocenters. The van der Waals surface area contributed by atoms with E-state index in [9.17, 15) is 4.79 Å². The number of nitrogens with one attached hydrogen (secondary N) is 1. The third kappa shape index (κ3) is 3.48. The van der Waals surface area contributed by atoms with Crippen molar-refractivity contribution in [2.45, 2.75) is 26.3 Å². The summed E-state index contributed by atoms with van der Waals surface area (Å²) in [6.07, 6.45) is 1.02. The van der Waals surface area contributed by atoms with Gasteiger partial charge in [-0.05, 0) is 31.0 Å². The Morgan fingerprint density at radius 1 is 1.47 bits per heavy atom. The molecule has 0 saturated carbocycles. The average molecular weight is 281 g/mol. The number of rotatable bonds is 4. The third-order valence-corrected chi connectivity index (χ3v) is 3.73. The highest BCUT2D eigenvalue weighted by atomic mass is 35.5. The van der Waals surface area contributed by atoms with E-state index in [2.05, 4.69) is 19.2 Å². The van der Waals surface area contributed by atoms with Crippen molar-refractivity contribution in [1.82, 2.24) is 10.2 Å². The molecule has 0 aromatic heterocycles. The van der Waals surface area contributed by atoms with E-state index < -0.39 is 0 Å². The molecule has 0 radical (unpaired) electrons. The smallest absolute Gasteiger partial charge is 0.255 e. The number of carbonyl (C=O) groups is 1. The van der Waals surface area contributed by atoms with Gasteiger partial charge in [0.25, 0.3) is 5.91 Å². The van der Waals surface area contributed by atoms with E-state index in [1.165, 1.54) is 0 Å². The van der Waals surface area contributed by atoms with E-state index in [-0.39, 0.29) is 11.9 Å². The maximum Gasteiger partial charge on any atom is 0.255 e. The minimum Gasteiger partial charge on any atom is -0.334 e. The highest BCUT2D eigenvalue weighted by molar-refractivity contribution is 6.33. The van der Waals surface area contributed by atoms with Crippen LogP contribution in [0.1, 0.15) is 30.6 Å². The molecular formula is C15H21ClN2O. The summed E-state index contributed by atoms with van der Waals surface area (Å²) in [4.78, 5) is 14.7. The topological polar surface area (TPSA) is 32.3 Å². The van der Waals surface area contributed by atoms with Crippen LogP contribution >= 0.6 is 11.6 Å². The molecule has 1 saturated heterocycles. The Morgan fingerprint density at radius 2 is 2.21 bits per heavy atom. The van der Waals surface area contributed by atoms with Gasteiger partial charge in [0, 0.05) is 19.1 Å². The van der Waals surface area contributed by atoms with Crippen molar-refractivity contribution < 1.29 is 4.79 Å². The van der Waals surface area contributed by atoms with E-state index in [1.807, 2.05) is 17.0 Å². The first-order valence-corrected chi connectivity index (χ1v) is 7.23. The summed E-state index contributed by atoms with van der Waals surface area (Å²) >= 11 is 6.14. The normalized spacial score (nSPS) is 18.8. The Morgan fingerprint density at radius 3 is 2.79 bits per heavy atom. The third-order valence-electron chi connectivity index (χ3n) is 3.40. The molecule has 1 aromatic rings. The Balaban J connectivity index is 2.22. The molecule has 1 aliphatic rings. The first-order chi connectivity index (χ1) is 9.09. The van der Waals surface area contributed by atoms with Gasteiger partial charge in [-0.3, -0.25) is 4.79 Å². The van der Waals surface area contributed by atoms with Crippen molar-refractivity contribution in [1.29, 1.82) is 0 Å². The second kappa shape index (κ2) is 6.40. The quantitative estimate of drug-likeness (QED) is 0.920. The van der Waals surface area contributed by atoms with Crippen molar-refractivity contribution in [3.8, 4) is 0 Å². The molecule has 1 aromatic carbocycles. The zero-order valence-electron chi connectivity index (χ0n) is 11.5. The van der Waals surface area contributed by atoms with Crippen LogP contribution in [0.2, 0.25) is 5.02 Å². The lowest BCUT2D eigenvalue weighted by Gasteiger charge is -2.30. The first-order valence-electron chi connectivity index (χ1n) is 6.86. The van der Waals surface area contributed by atoms with Crippen LogP contribution in [-0.4, -0.2) is 36.5 Å². The Kier molecular flexibility index (Phi) is 4.83. The van der Waals surface area contributed by atoms with Gasteiger partial charge >= 0.3 is 0 Å². The van der Waals surface area contributed by atoms with Crippen molar-refractivity contribution in [2.24, 2.45) is 5.92 Å². The number of amides is 1. The molecule has 1 N–H and O–H groups in total. The predicted molar refractivity (Wildman–Crippen MR) is 78.6 cm³/mol. The fourth-order valence-corrected chi connectivity index (χ4v) is 2.70. The zero-order chi connectivity index (χ0) is 13.8. The van der Waals surface area contributed by atoms with Gasteiger partial charge in [-0.1, -0.05) is 37.6 Å². The first kappa shape index (κ1) is 14.4. The van der Waals surface area contributed by atoms with Crippen LogP contribution in [0.3, 0.4) is 0 Å². The van der Waals surface area contributed by atoms with E-state index in [1.54, 1.807) is 12.1 Å². The lowest BCUT2D eigenvalue weighted by molar-refractivity contribution is 0.0667. The van der Waals surface area contributed by atoms with E-state index >= 15 is 0 Å². The number of hydrogen-bond acceptors (Lipinski definition) is 2. The molecule has 19 heavy (non-hydrogen) atoms. The second-order valence-corrected chi connectivity index (χ2v) is 5.89. The fraction of sp³-hybridized carbons (Fsp3) is 0.533. The Bertz CT molecular complexity index is 442. The predicted octanol–water partition coefficient (Wildman–Crippen LogP) is 2.80. The van der Waals surface area contributed by atoms with E-state index in [0.717, 1.165) is 26.1 Å². The van der Waals surface area contributed by atoms with Crippen LogP contribution in [0.4, 0.5) is 0 Å². The van der Waals surface area contributed by atoms with Crippen LogP contribution in [0.15, 0.2) is 24.3 Å². The maximum absolute atomic E-state index is 12.7. The molecule has 3 nitrogen and oxygen atoms in total. The molecule has 2 rings (SSSR count). The molecule has 104 valence electrons. The monoisotopic (exact) mass is 280 g/mol. The van der Waals surface area contributed by atoms with Gasteiger partial charge in [-0.15, -0.1) is 0 Å². The lowest BCUT2D eigenvalue weighted by Crippen LogP contribution is -2.43. The van der Waals surface area contributed by atoms with Crippen LogP contribution < -0.4 is 5.32 Å².